The topological polar surface area (TPSA) is 89.3 Å². The summed E-state index contributed by atoms with van der Waals surface area (Å²) in [7, 11) is 0. The Hall–Kier alpha value is -2.04. The Morgan fingerprint density at radius 1 is 1.56 bits per heavy atom. The molecule has 0 aromatic heterocycles. The quantitative estimate of drug-likeness (QED) is 0.503. The van der Waals surface area contributed by atoms with Crippen LogP contribution in [0.1, 0.15) is 23.2 Å². The number of aliphatic hydroxyl groups is 1. The first-order valence-electron chi connectivity index (χ1n) is 5.84. The molecular formula is C12H14N4O2. The zero-order valence-electron chi connectivity index (χ0n) is 9.86. The van der Waals surface area contributed by atoms with Gasteiger partial charge >= 0.3 is 0 Å². The Bertz CT molecular complexity index is 497. The predicted molar refractivity (Wildman–Crippen MR) is 66.4 cm³/mol. The molecule has 1 amide bonds. The monoisotopic (exact) mass is 246 g/mol. The third-order valence-electron chi connectivity index (χ3n) is 3.14. The molecular weight excluding hydrogens is 232 g/mol. The van der Waals surface area contributed by atoms with Crippen LogP contribution in [0.5, 0.6) is 0 Å². The Morgan fingerprint density at radius 2 is 2.33 bits per heavy atom. The van der Waals surface area contributed by atoms with Gasteiger partial charge < -0.3 is 10.0 Å². The fourth-order valence-electron chi connectivity index (χ4n) is 2.24. The molecule has 6 nitrogen and oxygen atoms in total. The average molecular weight is 246 g/mol. The molecule has 1 aliphatic rings. The molecule has 1 saturated heterocycles. The van der Waals surface area contributed by atoms with Crippen LogP contribution in [0.4, 0.5) is 5.69 Å². The Morgan fingerprint density at radius 3 is 3.06 bits per heavy atom. The standard InChI is InChI=1S/C12H14N4O2/c13-15-14-11-6-2-1-5-10(11)12(18)16-7-3-4-9(16)8-17/h1-2,5-6,9,17H,3-4,7-8H2/t9-/m0/s1. The largest absolute Gasteiger partial charge is 0.394 e. The lowest BCUT2D eigenvalue weighted by Crippen LogP contribution is -2.37. The molecule has 1 heterocycles. The molecule has 0 saturated carbocycles. The van der Waals surface area contributed by atoms with E-state index in [2.05, 4.69) is 10.0 Å². The minimum absolute atomic E-state index is 0.0323. The smallest absolute Gasteiger partial charge is 0.254 e. The number of hydrogen-bond acceptors (Lipinski definition) is 3. The fourth-order valence-corrected chi connectivity index (χ4v) is 2.24. The van der Waals surface area contributed by atoms with Gasteiger partial charge in [0.05, 0.1) is 18.3 Å². The minimum Gasteiger partial charge on any atom is -0.394 e. The van der Waals surface area contributed by atoms with Gasteiger partial charge in [0, 0.05) is 17.0 Å². The lowest BCUT2D eigenvalue weighted by molar-refractivity contribution is 0.0678. The molecule has 0 unspecified atom stereocenters. The Balaban J connectivity index is 2.31. The van der Waals surface area contributed by atoms with Crippen molar-refractivity contribution in [2.24, 2.45) is 5.11 Å². The maximum Gasteiger partial charge on any atom is 0.254 e. The van der Waals surface area contributed by atoms with Gasteiger partial charge in [-0.25, -0.2) is 0 Å². The van der Waals surface area contributed by atoms with Gasteiger partial charge in [0.2, 0.25) is 0 Å². The van der Waals surface area contributed by atoms with Crippen LogP contribution in [0, 0.1) is 0 Å². The lowest BCUT2D eigenvalue weighted by atomic mass is 10.1. The first kappa shape index (κ1) is 12.4. The van der Waals surface area contributed by atoms with Crippen LogP contribution in [-0.2, 0) is 0 Å². The fraction of sp³-hybridized carbons (Fsp3) is 0.417. The molecule has 1 atom stereocenters. The van der Waals surface area contributed by atoms with E-state index < -0.39 is 0 Å². The van der Waals surface area contributed by atoms with Gasteiger partial charge in [0.1, 0.15) is 0 Å². The summed E-state index contributed by atoms with van der Waals surface area (Å²) in [5, 5.41) is 12.7. The zero-order chi connectivity index (χ0) is 13.0. The summed E-state index contributed by atoms with van der Waals surface area (Å²) >= 11 is 0. The summed E-state index contributed by atoms with van der Waals surface area (Å²) in [6, 6.07) is 6.56. The van der Waals surface area contributed by atoms with Crippen LogP contribution in [0.25, 0.3) is 10.4 Å². The molecule has 2 rings (SSSR count). The highest BCUT2D eigenvalue weighted by atomic mass is 16.3. The van der Waals surface area contributed by atoms with Crippen molar-refractivity contribution < 1.29 is 9.90 Å². The molecule has 1 aromatic carbocycles. The van der Waals surface area contributed by atoms with E-state index in [1.807, 2.05) is 0 Å². The highest BCUT2D eigenvalue weighted by molar-refractivity contribution is 5.99. The van der Waals surface area contributed by atoms with Crippen molar-refractivity contribution in [3.05, 3.63) is 40.3 Å². The minimum atomic E-state index is -0.186. The molecule has 0 bridgehead atoms. The number of carbonyl (C=O) groups is 1. The number of hydrogen-bond donors (Lipinski definition) is 1. The number of benzene rings is 1. The van der Waals surface area contributed by atoms with Gasteiger partial charge in [-0.15, -0.1) is 0 Å². The van der Waals surface area contributed by atoms with E-state index >= 15 is 0 Å². The van der Waals surface area contributed by atoms with Gasteiger partial charge in [0.25, 0.3) is 5.91 Å². The Kier molecular flexibility index (Phi) is 3.82. The number of carbonyl (C=O) groups excluding carboxylic acids is 1. The number of amides is 1. The highest BCUT2D eigenvalue weighted by Crippen LogP contribution is 2.25. The van der Waals surface area contributed by atoms with Crippen LogP contribution >= 0.6 is 0 Å². The van der Waals surface area contributed by atoms with Gasteiger partial charge in [0.15, 0.2) is 0 Å². The third-order valence-corrected chi connectivity index (χ3v) is 3.14. The van der Waals surface area contributed by atoms with Crippen molar-refractivity contribution in [3.63, 3.8) is 0 Å². The molecule has 18 heavy (non-hydrogen) atoms. The summed E-state index contributed by atoms with van der Waals surface area (Å²) < 4.78 is 0. The number of likely N-dealkylation sites (tertiary alicyclic amines) is 1. The lowest BCUT2D eigenvalue weighted by Gasteiger charge is -2.23. The van der Waals surface area contributed by atoms with E-state index in [0.29, 0.717) is 17.8 Å². The normalized spacial score (nSPS) is 18.5. The molecule has 0 radical (unpaired) electrons. The van der Waals surface area contributed by atoms with Crippen LogP contribution in [0.2, 0.25) is 0 Å². The van der Waals surface area contributed by atoms with Gasteiger partial charge in [-0.05, 0) is 24.4 Å². The molecule has 1 N–H and O–H groups in total. The summed E-state index contributed by atoms with van der Waals surface area (Å²) in [5.41, 5.74) is 9.20. The van der Waals surface area contributed by atoms with Crippen LogP contribution in [0.3, 0.4) is 0 Å². The van der Waals surface area contributed by atoms with Crippen molar-refractivity contribution in [1.82, 2.24) is 4.90 Å². The molecule has 6 heteroatoms. The molecule has 1 aliphatic heterocycles. The zero-order valence-corrected chi connectivity index (χ0v) is 9.86. The molecule has 0 spiro atoms. The molecule has 94 valence electrons. The SMILES string of the molecule is [N-]=[N+]=Nc1ccccc1C(=O)N1CCC[C@H]1CO. The third kappa shape index (κ3) is 2.30. The van der Waals surface area contributed by atoms with Gasteiger partial charge in [-0.2, -0.15) is 0 Å². The summed E-state index contributed by atoms with van der Waals surface area (Å²) in [5.74, 6) is -0.186. The molecule has 1 fully saturated rings. The predicted octanol–water partition coefficient (Wildman–Crippen LogP) is 2.23. The van der Waals surface area contributed by atoms with Crippen LogP contribution < -0.4 is 0 Å². The van der Waals surface area contributed by atoms with E-state index in [0.717, 1.165) is 12.8 Å². The maximum absolute atomic E-state index is 12.3. The van der Waals surface area contributed by atoms with Crippen molar-refractivity contribution in [2.75, 3.05) is 13.2 Å². The first-order chi connectivity index (χ1) is 8.77. The van der Waals surface area contributed by atoms with Crippen molar-refractivity contribution >= 4 is 11.6 Å². The van der Waals surface area contributed by atoms with Crippen molar-refractivity contribution in [1.29, 1.82) is 0 Å². The average Bonchev–Trinajstić information content (AvgIpc) is 2.87. The summed E-state index contributed by atoms with van der Waals surface area (Å²) in [4.78, 5) is 16.7. The number of rotatable bonds is 3. The van der Waals surface area contributed by atoms with E-state index in [4.69, 9.17) is 5.53 Å². The van der Waals surface area contributed by atoms with E-state index in [1.54, 1.807) is 29.2 Å². The highest BCUT2D eigenvalue weighted by Gasteiger charge is 2.29. The Labute approximate surface area is 104 Å². The summed E-state index contributed by atoms with van der Waals surface area (Å²) in [6.07, 6.45) is 1.70. The van der Waals surface area contributed by atoms with E-state index in [1.165, 1.54) is 0 Å². The second-order valence-electron chi connectivity index (χ2n) is 4.18. The number of nitrogens with zero attached hydrogens (tertiary/aromatic N) is 4. The van der Waals surface area contributed by atoms with Gasteiger partial charge in [-0.1, -0.05) is 23.3 Å². The first-order valence-corrected chi connectivity index (χ1v) is 5.84. The van der Waals surface area contributed by atoms with E-state index in [9.17, 15) is 9.90 Å². The molecule has 0 aliphatic carbocycles. The second kappa shape index (κ2) is 5.53. The van der Waals surface area contributed by atoms with Crippen molar-refractivity contribution in [2.45, 2.75) is 18.9 Å². The molecule has 1 aromatic rings. The summed E-state index contributed by atoms with van der Waals surface area (Å²) in [6.45, 7) is 0.601. The number of aliphatic hydroxyl groups excluding tert-OH is 1. The number of azide groups is 1. The van der Waals surface area contributed by atoms with Crippen LogP contribution in [0.15, 0.2) is 29.4 Å². The van der Waals surface area contributed by atoms with Crippen LogP contribution in [-0.4, -0.2) is 35.1 Å². The maximum atomic E-state index is 12.3. The van der Waals surface area contributed by atoms with Crippen molar-refractivity contribution in [3.8, 4) is 0 Å². The second-order valence-corrected chi connectivity index (χ2v) is 4.18. The van der Waals surface area contributed by atoms with E-state index in [-0.39, 0.29) is 18.6 Å². The van der Waals surface area contributed by atoms with Gasteiger partial charge in [-0.3, -0.25) is 4.79 Å².